The van der Waals surface area contributed by atoms with Crippen LogP contribution in [0.3, 0.4) is 0 Å². The van der Waals surface area contributed by atoms with Gasteiger partial charge in [0.05, 0.1) is 10.4 Å². The third kappa shape index (κ3) is 5.27. The summed E-state index contributed by atoms with van der Waals surface area (Å²) >= 11 is 1.75. The minimum Gasteiger partial charge on any atom is -0.338 e. The molecule has 0 atom stereocenters. The lowest BCUT2D eigenvalue weighted by Gasteiger charge is -2.27. The molecule has 5 heteroatoms. The fourth-order valence-corrected chi connectivity index (χ4v) is 3.86. The Labute approximate surface area is 144 Å². The summed E-state index contributed by atoms with van der Waals surface area (Å²) < 4.78 is 4.79. The van der Waals surface area contributed by atoms with Gasteiger partial charge in [-0.05, 0) is 38.4 Å². The van der Waals surface area contributed by atoms with E-state index in [9.17, 15) is 4.79 Å². The van der Waals surface area contributed by atoms with Crippen molar-refractivity contribution in [2.45, 2.75) is 76.9 Å². The molecule has 1 aromatic rings. The highest BCUT2D eigenvalue weighted by Crippen LogP contribution is 2.33. The van der Waals surface area contributed by atoms with E-state index < -0.39 is 4.75 Å². The first-order valence-electron chi connectivity index (χ1n) is 8.61. The lowest BCUT2D eigenvalue weighted by atomic mass is 9.91. The van der Waals surface area contributed by atoms with E-state index in [1.807, 2.05) is 19.9 Å². The highest BCUT2D eigenvalue weighted by molar-refractivity contribution is 8.01. The van der Waals surface area contributed by atoms with Crippen LogP contribution in [-0.4, -0.2) is 21.6 Å². The van der Waals surface area contributed by atoms with Crippen molar-refractivity contribution in [1.82, 2.24) is 5.16 Å². The molecule has 0 saturated heterocycles. The van der Waals surface area contributed by atoms with Crippen LogP contribution in [0.15, 0.2) is 10.6 Å². The molecular formula is C18H30N2O2S. The van der Waals surface area contributed by atoms with Crippen molar-refractivity contribution in [3.8, 4) is 0 Å². The topological polar surface area (TPSA) is 55.1 Å². The highest BCUT2D eigenvalue weighted by Gasteiger charge is 2.31. The maximum atomic E-state index is 12.5. The number of nitrogens with one attached hydrogen (secondary N) is 1. The van der Waals surface area contributed by atoms with Crippen molar-refractivity contribution >= 4 is 23.6 Å². The largest absolute Gasteiger partial charge is 0.338 e. The molecule has 0 bridgehead atoms. The third-order valence-electron chi connectivity index (χ3n) is 4.47. The number of carbonyl (C=O) groups excluding carboxylic acids is 1. The van der Waals surface area contributed by atoms with Crippen molar-refractivity contribution in [3.63, 3.8) is 0 Å². The summed E-state index contributed by atoms with van der Waals surface area (Å²) in [7, 11) is 0. The number of rotatable bonds is 5. The molecule has 2 rings (SSSR count). The Morgan fingerprint density at radius 3 is 2.48 bits per heavy atom. The van der Waals surface area contributed by atoms with Gasteiger partial charge in [-0.2, -0.15) is 0 Å². The summed E-state index contributed by atoms with van der Waals surface area (Å²) in [5.41, 5.74) is 0.762. The predicted octanol–water partition coefficient (Wildman–Crippen LogP) is 5.00. The van der Waals surface area contributed by atoms with Gasteiger partial charge < -0.3 is 4.52 Å². The number of nitrogens with zero attached hydrogens (tertiary/aromatic N) is 1. The SMILES string of the molecule is CC(C)(SCC1CCCCC1)C(=O)Nc1cc(C(C)(C)C)no1. The number of amides is 1. The van der Waals surface area contributed by atoms with Crippen molar-refractivity contribution in [3.05, 3.63) is 11.8 Å². The van der Waals surface area contributed by atoms with E-state index in [4.69, 9.17) is 4.52 Å². The van der Waals surface area contributed by atoms with Crippen molar-refractivity contribution in [2.75, 3.05) is 11.1 Å². The average Bonchev–Trinajstić information content (AvgIpc) is 2.95. The van der Waals surface area contributed by atoms with Crippen LogP contribution in [0.25, 0.3) is 0 Å². The summed E-state index contributed by atoms with van der Waals surface area (Å²) in [6, 6.07) is 1.82. The first kappa shape index (κ1) is 18.4. The molecule has 1 aromatic heterocycles. The summed E-state index contributed by atoms with van der Waals surface area (Å²) in [5, 5.41) is 6.92. The maximum absolute atomic E-state index is 12.5. The van der Waals surface area contributed by atoms with Crippen LogP contribution < -0.4 is 5.32 Å². The lowest BCUT2D eigenvalue weighted by Crippen LogP contribution is -2.35. The molecule has 1 heterocycles. The van der Waals surface area contributed by atoms with Gasteiger partial charge in [-0.15, -0.1) is 11.8 Å². The Morgan fingerprint density at radius 1 is 1.26 bits per heavy atom. The Balaban J connectivity index is 1.88. The molecule has 23 heavy (non-hydrogen) atoms. The van der Waals surface area contributed by atoms with Gasteiger partial charge in [0.1, 0.15) is 0 Å². The fraction of sp³-hybridized carbons (Fsp3) is 0.778. The van der Waals surface area contributed by atoms with E-state index in [0.29, 0.717) is 5.88 Å². The fourth-order valence-electron chi connectivity index (χ4n) is 2.70. The van der Waals surface area contributed by atoms with Crippen LogP contribution in [0.4, 0.5) is 5.88 Å². The van der Waals surface area contributed by atoms with Crippen LogP contribution in [0.5, 0.6) is 0 Å². The first-order chi connectivity index (χ1) is 10.7. The second kappa shape index (κ2) is 7.29. The van der Waals surface area contributed by atoms with Crippen molar-refractivity contribution in [2.24, 2.45) is 5.92 Å². The number of hydrogen-bond donors (Lipinski definition) is 1. The summed E-state index contributed by atoms with van der Waals surface area (Å²) in [5.74, 6) is 2.24. The molecule has 0 aromatic carbocycles. The van der Waals surface area contributed by atoms with Gasteiger partial charge in [0, 0.05) is 11.5 Å². The molecule has 1 aliphatic rings. The number of aromatic nitrogens is 1. The van der Waals surface area contributed by atoms with Gasteiger partial charge in [0.25, 0.3) is 0 Å². The van der Waals surface area contributed by atoms with Crippen LogP contribution in [0.1, 0.15) is 72.4 Å². The normalized spacial score (nSPS) is 17.3. The number of anilines is 1. The number of thioether (sulfide) groups is 1. The molecule has 1 N–H and O–H groups in total. The smallest absolute Gasteiger partial charge is 0.242 e. The van der Waals surface area contributed by atoms with Crippen molar-refractivity contribution in [1.29, 1.82) is 0 Å². The zero-order valence-corrected chi connectivity index (χ0v) is 15.9. The van der Waals surface area contributed by atoms with Gasteiger partial charge in [0.15, 0.2) is 0 Å². The highest BCUT2D eigenvalue weighted by atomic mass is 32.2. The number of carbonyl (C=O) groups is 1. The minimum atomic E-state index is -0.466. The average molecular weight is 339 g/mol. The van der Waals surface area contributed by atoms with Crippen LogP contribution in [-0.2, 0) is 10.2 Å². The Morgan fingerprint density at radius 2 is 1.91 bits per heavy atom. The van der Waals surface area contributed by atoms with Crippen LogP contribution in [0.2, 0.25) is 0 Å². The monoisotopic (exact) mass is 338 g/mol. The molecule has 0 radical (unpaired) electrons. The van der Waals surface area contributed by atoms with Gasteiger partial charge >= 0.3 is 0 Å². The Kier molecular flexibility index (Phi) is 5.82. The molecule has 1 aliphatic carbocycles. The second-order valence-corrected chi connectivity index (χ2v) is 9.75. The summed E-state index contributed by atoms with van der Waals surface area (Å²) in [6.07, 6.45) is 6.66. The summed E-state index contributed by atoms with van der Waals surface area (Å²) in [4.78, 5) is 12.5. The number of hydrogen-bond acceptors (Lipinski definition) is 4. The molecule has 1 amide bonds. The Bertz CT molecular complexity index is 525. The van der Waals surface area contributed by atoms with E-state index in [-0.39, 0.29) is 11.3 Å². The second-order valence-electron chi connectivity index (χ2n) is 8.11. The van der Waals surface area contributed by atoms with Crippen LogP contribution >= 0.6 is 11.8 Å². The molecular weight excluding hydrogens is 308 g/mol. The minimum absolute atomic E-state index is 0.0186. The third-order valence-corrected chi connectivity index (χ3v) is 6.01. The summed E-state index contributed by atoms with van der Waals surface area (Å²) in [6.45, 7) is 10.2. The molecule has 0 aliphatic heterocycles. The lowest BCUT2D eigenvalue weighted by molar-refractivity contribution is -0.117. The Hall–Kier alpha value is -0.970. The van der Waals surface area contributed by atoms with Gasteiger partial charge in [-0.3, -0.25) is 10.1 Å². The van der Waals surface area contributed by atoms with Gasteiger partial charge in [-0.25, -0.2) is 0 Å². The molecule has 1 saturated carbocycles. The van der Waals surface area contributed by atoms with Crippen molar-refractivity contribution < 1.29 is 9.32 Å². The van der Waals surface area contributed by atoms with E-state index in [1.54, 1.807) is 11.8 Å². The van der Waals surface area contributed by atoms with Gasteiger partial charge in [-0.1, -0.05) is 45.2 Å². The maximum Gasteiger partial charge on any atom is 0.242 e. The molecule has 0 spiro atoms. The van der Waals surface area contributed by atoms with Crippen LogP contribution in [0, 0.1) is 5.92 Å². The molecule has 130 valence electrons. The zero-order valence-electron chi connectivity index (χ0n) is 15.1. The molecule has 1 fully saturated rings. The van der Waals surface area contributed by atoms with E-state index in [1.165, 1.54) is 32.1 Å². The first-order valence-corrected chi connectivity index (χ1v) is 9.59. The standard InChI is InChI=1S/C18H30N2O2S/c1-17(2,3)14-11-15(22-20-14)19-16(21)18(4,5)23-12-13-9-7-6-8-10-13/h11,13H,6-10,12H2,1-5H3,(H,19,21). The molecule has 4 nitrogen and oxygen atoms in total. The van der Waals surface area contributed by atoms with E-state index >= 15 is 0 Å². The van der Waals surface area contributed by atoms with Gasteiger partial charge in [0.2, 0.25) is 11.8 Å². The van der Waals surface area contributed by atoms with E-state index in [0.717, 1.165) is 17.4 Å². The molecule has 0 unspecified atom stereocenters. The van der Waals surface area contributed by atoms with E-state index in [2.05, 4.69) is 31.2 Å². The predicted molar refractivity (Wildman–Crippen MR) is 96.9 cm³/mol. The quantitative estimate of drug-likeness (QED) is 0.820. The zero-order chi connectivity index (χ0) is 17.1.